The number of carbonyl (C=O) groups is 1. The Bertz CT molecular complexity index is 461. The highest BCUT2D eigenvalue weighted by Crippen LogP contribution is 2.20. The topological polar surface area (TPSA) is 64.3 Å². The molecule has 1 aromatic rings. The maximum atomic E-state index is 10.7. The molecule has 0 aliphatic heterocycles. The van der Waals surface area contributed by atoms with Gasteiger partial charge in [-0.1, -0.05) is 6.08 Å². The molecule has 0 aliphatic carbocycles. The molecule has 0 unspecified atom stereocenters. The molecule has 0 saturated carbocycles. The largest absolute Gasteiger partial charge is 0.478 e. The van der Waals surface area contributed by atoms with E-state index >= 15 is 0 Å². The number of rotatable bonds is 4. The third-order valence-corrected chi connectivity index (χ3v) is 2.18. The number of aromatic carboxylic acids is 1. The maximum Gasteiger partial charge on any atom is 0.335 e. The Morgan fingerprint density at radius 3 is 2.88 bits per heavy atom. The molecule has 1 rings (SSSR count). The van der Waals surface area contributed by atoms with E-state index in [0.29, 0.717) is 17.8 Å². The van der Waals surface area contributed by atoms with Crippen LogP contribution in [0.5, 0.6) is 0 Å². The molecule has 0 aliphatic rings. The lowest BCUT2D eigenvalue weighted by molar-refractivity contribution is 0.0697. The summed E-state index contributed by atoms with van der Waals surface area (Å²) < 4.78 is 0. The normalized spacial score (nSPS) is 9.25. The van der Waals surface area contributed by atoms with E-state index in [1.807, 2.05) is 18.0 Å². The van der Waals surface area contributed by atoms with Crippen molar-refractivity contribution in [1.29, 1.82) is 5.26 Å². The molecule has 0 radical (unpaired) electrons. The van der Waals surface area contributed by atoms with Gasteiger partial charge in [0.15, 0.2) is 0 Å². The Hall–Kier alpha value is -2.28. The van der Waals surface area contributed by atoms with E-state index in [-0.39, 0.29) is 5.56 Å². The zero-order valence-corrected chi connectivity index (χ0v) is 8.97. The average Bonchev–Trinajstić information content (AvgIpc) is 2.28. The van der Waals surface area contributed by atoms with Gasteiger partial charge in [0, 0.05) is 13.6 Å². The van der Waals surface area contributed by atoms with Crippen LogP contribution in [-0.2, 0) is 0 Å². The van der Waals surface area contributed by atoms with Gasteiger partial charge in [0.25, 0.3) is 0 Å². The summed E-state index contributed by atoms with van der Waals surface area (Å²) in [6, 6.07) is 6.48. The molecule has 0 amide bonds. The van der Waals surface area contributed by atoms with Crippen molar-refractivity contribution in [3.8, 4) is 6.07 Å². The van der Waals surface area contributed by atoms with Gasteiger partial charge in [-0.2, -0.15) is 5.26 Å². The minimum atomic E-state index is -1.03. The average molecular weight is 216 g/mol. The molecule has 0 bridgehead atoms. The summed E-state index contributed by atoms with van der Waals surface area (Å²) in [5, 5.41) is 17.7. The number of benzene rings is 1. The second-order valence-electron chi connectivity index (χ2n) is 3.32. The fraction of sp³-hybridized carbons (Fsp3) is 0.167. The van der Waals surface area contributed by atoms with Crippen molar-refractivity contribution in [1.82, 2.24) is 0 Å². The molecule has 0 saturated heterocycles. The minimum absolute atomic E-state index is 0.118. The minimum Gasteiger partial charge on any atom is -0.478 e. The lowest BCUT2D eigenvalue weighted by Gasteiger charge is -2.18. The van der Waals surface area contributed by atoms with Crippen LogP contribution in [0, 0.1) is 11.3 Å². The van der Waals surface area contributed by atoms with Gasteiger partial charge in [0.2, 0.25) is 0 Å². The zero-order valence-electron chi connectivity index (χ0n) is 8.97. The summed E-state index contributed by atoms with van der Waals surface area (Å²) in [5.74, 6) is -1.03. The Balaban J connectivity index is 3.17. The zero-order chi connectivity index (χ0) is 12.1. The lowest BCUT2D eigenvalue weighted by Crippen LogP contribution is -2.18. The molecular weight excluding hydrogens is 204 g/mol. The SMILES string of the molecule is C=CCN(C)c1ccc(C(=O)O)cc1C#N. The van der Waals surface area contributed by atoms with Gasteiger partial charge in [0.1, 0.15) is 6.07 Å². The van der Waals surface area contributed by atoms with Crippen LogP contribution in [0.2, 0.25) is 0 Å². The van der Waals surface area contributed by atoms with Crippen molar-refractivity contribution in [3.05, 3.63) is 42.0 Å². The molecular formula is C12H12N2O2. The monoisotopic (exact) mass is 216 g/mol. The fourth-order valence-electron chi connectivity index (χ4n) is 1.38. The molecule has 82 valence electrons. The van der Waals surface area contributed by atoms with E-state index in [1.54, 1.807) is 12.1 Å². The van der Waals surface area contributed by atoms with Crippen LogP contribution in [0.3, 0.4) is 0 Å². The molecule has 0 heterocycles. The first-order valence-electron chi connectivity index (χ1n) is 4.69. The summed E-state index contributed by atoms with van der Waals surface area (Å²) >= 11 is 0. The van der Waals surface area contributed by atoms with Crippen LogP contribution in [0.15, 0.2) is 30.9 Å². The van der Waals surface area contributed by atoms with Crippen molar-refractivity contribution in [3.63, 3.8) is 0 Å². The molecule has 0 atom stereocenters. The summed E-state index contributed by atoms with van der Waals surface area (Å²) in [6.07, 6.45) is 1.71. The molecule has 0 spiro atoms. The molecule has 4 heteroatoms. The molecule has 16 heavy (non-hydrogen) atoms. The lowest BCUT2D eigenvalue weighted by atomic mass is 10.1. The van der Waals surface area contributed by atoms with Gasteiger partial charge in [-0.25, -0.2) is 4.79 Å². The highest BCUT2D eigenvalue weighted by molar-refractivity contribution is 5.89. The number of likely N-dealkylation sites (N-methyl/N-ethyl adjacent to an activating group) is 1. The van der Waals surface area contributed by atoms with Gasteiger partial charge in [-0.05, 0) is 18.2 Å². The quantitative estimate of drug-likeness (QED) is 0.780. The van der Waals surface area contributed by atoms with Gasteiger partial charge >= 0.3 is 5.97 Å². The molecule has 4 nitrogen and oxygen atoms in total. The van der Waals surface area contributed by atoms with Crippen LogP contribution < -0.4 is 4.90 Å². The van der Waals surface area contributed by atoms with E-state index in [0.717, 1.165) is 0 Å². The first-order chi connectivity index (χ1) is 7.60. The van der Waals surface area contributed by atoms with Gasteiger partial charge in [0.05, 0.1) is 16.8 Å². The second kappa shape index (κ2) is 4.99. The summed E-state index contributed by atoms with van der Waals surface area (Å²) in [7, 11) is 1.82. The summed E-state index contributed by atoms with van der Waals surface area (Å²) in [4.78, 5) is 12.6. The standard InChI is InChI=1S/C12H12N2O2/c1-3-6-14(2)11-5-4-9(12(15)16)7-10(11)8-13/h3-5,7H,1,6H2,2H3,(H,15,16). The Morgan fingerprint density at radius 1 is 1.69 bits per heavy atom. The van der Waals surface area contributed by atoms with E-state index in [2.05, 4.69) is 6.58 Å². The van der Waals surface area contributed by atoms with Crippen molar-refractivity contribution in [2.75, 3.05) is 18.5 Å². The van der Waals surface area contributed by atoms with Gasteiger partial charge in [-0.15, -0.1) is 6.58 Å². The van der Waals surface area contributed by atoms with Crippen LogP contribution in [-0.4, -0.2) is 24.7 Å². The van der Waals surface area contributed by atoms with Crippen molar-refractivity contribution in [2.45, 2.75) is 0 Å². The first-order valence-corrected chi connectivity index (χ1v) is 4.69. The highest BCUT2D eigenvalue weighted by atomic mass is 16.4. The number of hydrogen-bond acceptors (Lipinski definition) is 3. The second-order valence-corrected chi connectivity index (χ2v) is 3.32. The van der Waals surface area contributed by atoms with Gasteiger partial charge in [-0.3, -0.25) is 0 Å². The van der Waals surface area contributed by atoms with E-state index in [1.165, 1.54) is 12.1 Å². The third-order valence-electron chi connectivity index (χ3n) is 2.18. The Labute approximate surface area is 94.0 Å². The van der Waals surface area contributed by atoms with Crippen molar-refractivity contribution < 1.29 is 9.90 Å². The number of carboxylic acids is 1. The number of nitriles is 1. The number of anilines is 1. The first kappa shape index (κ1) is 11.8. The fourth-order valence-corrected chi connectivity index (χ4v) is 1.38. The van der Waals surface area contributed by atoms with E-state index in [9.17, 15) is 4.79 Å². The predicted molar refractivity (Wildman–Crippen MR) is 61.6 cm³/mol. The van der Waals surface area contributed by atoms with E-state index in [4.69, 9.17) is 10.4 Å². The predicted octanol–water partition coefficient (Wildman–Crippen LogP) is 1.88. The Morgan fingerprint density at radius 2 is 2.38 bits per heavy atom. The highest BCUT2D eigenvalue weighted by Gasteiger charge is 2.10. The maximum absolute atomic E-state index is 10.7. The molecule has 1 aromatic carbocycles. The van der Waals surface area contributed by atoms with Gasteiger partial charge < -0.3 is 10.0 Å². The van der Waals surface area contributed by atoms with Crippen molar-refractivity contribution >= 4 is 11.7 Å². The van der Waals surface area contributed by atoms with Crippen LogP contribution >= 0.6 is 0 Å². The Kier molecular flexibility index (Phi) is 3.67. The number of nitrogens with zero attached hydrogens (tertiary/aromatic N) is 2. The van der Waals surface area contributed by atoms with Crippen molar-refractivity contribution in [2.24, 2.45) is 0 Å². The van der Waals surface area contributed by atoms with Crippen LogP contribution in [0.25, 0.3) is 0 Å². The number of carboxylic acid groups (broad SMARTS) is 1. The summed E-state index contributed by atoms with van der Waals surface area (Å²) in [5.41, 5.74) is 1.17. The molecule has 0 aromatic heterocycles. The summed E-state index contributed by atoms with van der Waals surface area (Å²) in [6.45, 7) is 4.21. The smallest absolute Gasteiger partial charge is 0.335 e. The molecule has 0 fully saturated rings. The van der Waals surface area contributed by atoms with Crippen LogP contribution in [0.1, 0.15) is 15.9 Å². The number of hydrogen-bond donors (Lipinski definition) is 1. The molecule has 1 N–H and O–H groups in total. The third kappa shape index (κ3) is 2.39. The van der Waals surface area contributed by atoms with E-state index < -0.39 is 5.97 Å². The van der Waals surface area contributed by atoms with Crippen LogP contribution in [0.4, 0.5) is 5.69 Å².